The molecule has 0 saturated heterocycles. The second-order valence-corrected chi connectivity index (χ2v) is 4.88. The zero-order valence-electron chi connectivity index (χ0n) is 10.7. The minimum Gasteiger partial charge on any atom is -0.377 e. The van der Waals surface area contributed by atoms with Crippen LogP contribution in [0.3, 0.4) is 0 Å². The minimum absolute atomic E-state index is 0.0265. The fourth-order valence-corrected chi connectivity index (χ4v) is 2.13. The summed E-state index contributed by atoms with van der Waals surface area (Å²) in [6, 6.07) is 12.7. The van der Waals surface area contributed by atoms with Crippen molar-refractivity contribution in [3.8, 4) is 0 Å². The van der Waals surface area contributed by atoms with Crippen LogP contribution in [0.1, 0.15) is 17.2 Å². The van der Waals surface area contributed by atoms with E-state index < -0.39 is 5.82 Å². The molecule has 19 heavy (non-hydrogen) atoms. The van der Waals surface area contributed by atoms with Crippen molar-refractivity contribution in [2.24, 2.45) is 5.73 Å². The number of aryl methyl sites for hydroxylation is 1. The van der Waals surface area contributed by atoms with Crippen LogP contribution in [0.4, 0.5) is 10.1 Å². The maximum atomic E-state index is 13.1. The molecule has 0 aliphatic carbocycles. The Morgan fingerprint density at radius 1 is 1.26 bits per heavy atom. The van der Waals surface area contributed by atoms with Crippen LogP contribution in [0.25, 0.3) is 0 Å². The molecule has 0 amide bonds. The zero-order valence-corrected chi connectivity index (χ0v) is 11.4. The largest absolute Gasteiger partial charge is 0.377 e. The summed E-state index contributed by atoms with van der Waals surface area (Å²) >= 11 is 5.77. The number of hydrogen-bond donors (Lipinski definition) is 2. The number of hydrogen-bond acceptors (Lipinski definition) is 2. The second kappa shape index (κ2) is 6.04. The van der Waals surface area contributed by atoms with E-state index in [0.717, 1.165) is 11.3 Å². The van der Waals surface area contributed by atoms with Crippen molar-refractivity contribution in [3.05, 3.63) is 64.4 Å². The van der Waals surface area contributed by atoms with Gasteiger partial charge in [0.05, 0.1) is 11.1 Å². The van der Waals surface area contributed by atoms with Crippen LogP contribution in [-0.2, 0) is 0 Å². The molecule has 2 rings (SSSR count). The molecule has 0 heterocycles. The summed E-state index contributed by atoms with van der Waals surface area (Å²) < 4.78 is 13.1. The lowest BCUT2D eigenvalue weighted by Gasteiger charge is -2.19. The highest BCUT2D eigenvalue weighted by molar-refractivity contribution is 6.31. The van der Waals surface area contributed by atoms with Gasteiger partial charge in [-0.25, -0.2) is 4.39 Å². The molecule has 1 unspecified atom stereocenters. The first-order valence-electron chi connectivity index (χ1n) is 6.08. The van der Waals surface area contributed by atoms with E-state index in [1.807, 2.05) is 25.1 Å². The summed E-state index contributed by atoms with van der Waals surface area (Å²) in [6.07, 6.45) is 0. The molecule has 0 bridgehead atoms. The first kappa shape index (κ1) is 13.8. The molecule has 0 radical (unpaired) electrons. The molecule has 4 heteroatoms. The maximum absolute atomic E-state index is 13.1. The first-order chi connectivity index (χ1) is 9.10. The molecular weight excluding hydrogens is 263 g/mol. The number of nitrogens with one attached hydrogen (secondary N) is 1. The maximum Gasteiger partial charge on any atom is 0.141 e. The van der Waals surface area contributed by atoms with E-state index in [4.69, 9.17) is 17.3 Å². The summed E-state index contributed by atoms with van der Waals surface area (Å²) in [5.41, 5.74) is 8.83. The lowest BCUT2D eigenvalue weighted by Crippen LogP contribution is -2.20. The lowest BCUT2D eigenvalue weighted by molar-refractivity contribution is 0.628. The van der Waals surface area contributed by atoms with E-state index in [9.17, 15) is 4.39 Å². The standard InChI is InChI=1S/C15H16ClFN2/c1-10-3-2-4-11(7-10)15(9-18)19-12-5-6-14(17)13(16)8-12/h2-8,15,19H,9,18H2,1H3. The highest BCUT2D eigenvalue weighted by Gasteiger charge is 2.10. The molecule has 1 atom stereocenters. The van der Waals surface area contributed by atoms with Gasteiger partial charge in [0.2, 0.25) is 0 Å². The molecule has 2 aromatic rings. The molecule has 0 spiro atoms. The van der Waals surface area contributed by atoms with Gasteiger partial charge in [-0.1, -0.05) is 41.4 Å². The summed E-state index contributed by atoms with van der Waals surface area (Å²) in [5.74, 6) is -0.424. The molecule has 2 nitrogen and oxygen atoms in total. The van der Waals surface area contributed by atoms with Crippen LogP contribution in [0.15, 0.2) is 42.5 Å². The quantitative estimate of drug-likeness (QED) is 0.890. The van der Waals surface area contributed by atoms with Crippen molar-refractivity contribution in [1.82, 2.24) is 0 Å². The van der Waals surface area contributed by atoms with Crippen LogP contribution in [0.2, 0.25) is 5.02 Å². The van der Waals surface area contributed by atoms with Gasteiger partial charge in [0.15, 0.2) is 0 Å². The van der Waals surface area contributed by atoms with Crippen molar-refractivity contribution in [1.29, 1.82) is 0 Å². The Hall–Kier alpha value is -1.58. The van der Waals surface area contributed by atoms with E-state index in [0.29, 0.717) is 6.54 Å². The monoisotopic (exact) mass is 278 g/mol. The highest BCUT2D eigenvalue weighted by atomic mass is 35.5. The third-order valence-corrected chi connectivity index (χ3v) is 3.23. The predicted molar refractivity (Wildman–Crippen MR) is 78.0 cm³/mol. The molecule has 2 aromatic carbocycles. The van der Waals surface area contributed by atoms with Gasteiger partial charge < -0.3 is 11.1 Å². The second-order valence-electron chi connectivity index (χ2n) is 4.48. The van der Waals surface area contributed by atoms with Crippen LogP contribution < -0.4 is 11.1 Å². The summed E-state index contributed by atoms with van der Waals surface area (Å²) in [4.78, 5) is 0. The van der Waals surface area contributed by atoms with Gasteiger partial charge in [-0.3, -0.25) is 0 Å². The number of anilines is 1. The number of rotatable bonds is 4. The first-order valence-corrected chi connectivity index (χ1v) is 6.46. The van der Waals surface area contributed by atoms with Crippen LogP contribution in [0.5, 0.6) is 0 Å². The van der Waals surface area contributed by atoms with Crippen molar-refractivity contribution in [3.63, 3.8) is 0 Å². The van der Waals surface area contributed by atoms with E-state index in [1.54, 1.807) is 12.1 Å². The summed E-state index contributed by atoms with van der Waals surface area (Å²) in [5, 5.41) is 3.37. The fraction of sp³-hybridized carbons (Fsp3) is 0.200. The molecule has 0 aliphatic rings. The van der Waals surface area contributed by atoms with Gasteiger partial charge in [-0.05, 0) is 30.7 Å². The van der Waals surface area contributed by atoms with Crippen LogP contribution >= 0.6 is 11.6 Å². The van der Waals surface area contributed by atoms with Gasteiger partial charge in [0, 0.05) is 12.2 Å². The lowest BCUT2D eigenvalue weighted by atomic mass is 10.0. The normalized spacial score (nSPS) is 12.2. The Labute approximate surface area is 117 Å². The average Bonchev–Trinajstić information content (AvgIpc) is 2.40. The summed E-state index contributed by atoms with van der Waals surface area (Å²) in [6.45, 7) is 2.48. The van der Waals surface area contributed by atoms with Crippen molar-refractivity contribution in [2.75, 3.05) is 11.9 Å². The predicted octanol–water partition coefficient (Wildman–Crippen LogP) is 3.90. The highest BCUT2D eigenvalue weighted by Crippen LogP contribution is 2.24. The van der Waals surface area contributed by atoms with Gasteiger partial charge in [0.25, 0.3) is 0 Å². The van der Waals surface area contributed by atoms with Crippen LogP contribution in [0, 0.1) is 12.7 Å². The van der Waals surface area contributed by atoms with E-state index >= 15 is 0 Å². The Morgan fingerprint density at radius 2 is 2.05 bits per heavy atom. The van der Waals surface area contributed by atoms with Crippen LogP contribution in [-0.4, -0.2) is 6.54 Å². The molecular formula is C15H16ClFN2. The van der Waals surface area contributed by atoms with Gasteiger partial charge in [-0.2, -0.15) is 0 Å². The van der Waals surface area contributed by atoms with Gasteiger partial charge in [0.1, 0.15) is 5.82 Å². The number of benzene rings is 2. The Kier molecular flexibility index (Phi) is 4.40. The molecule has 0 aliphatic heterocycles. The summed E-state index contributed by atoms with van der Waals surface area (Å²) in [7, 11) is 0. The smallest absolute Gasteiger partial charge is 0.141 e. The minimum atomic E-state index is -0.424. The third-order valence-electron chi connectivity index (χ3n) is 2.94. The van der Waals surface area contributed by atoms with Crippen molar-refractivity contribution in [2.45, 2.75) is 13.0 Å². The van der Waals surface area contributed by atoms with E-state index in [-0.39, 0.29) is 11.1 Å². The fourth-order valence-electron chi connectivity index (χ4n) is 1.95. The number of halogens is 2. The van der Waals surface area contributed by atoms with Gasteiger partial charge >= 0.3 is 0 Å². The topological polar surface area (TPSA) is 38.0 Å². The SMILES string of the molecule is Cc1cccc(C(CN)Nc2ccc(F)c(Cl)c2)c1. The van der Waals surface area contributed by atoms with Gasteiger partial charge in [-0.15, -0.1) is 0 Å². The number of nitrogens with two attached hydrogens (primary N) is 1. The zero-order chi connectivity index (χ0) is 13.8. The molecule has 0 fully saturated rings. The Morgan fingerprint density at radius 3 is 2.68 bits per heavy atom. The Balaban J connectivity index is 2.21. The van der Waals surface area contributed by atoms with Crippen molar-refractivity contribution < 1.29 is 4.39 Å². The third kappa shape index (κ3) is 3.46. The molecule has 0 saturated carbocycles. The van der Waals surface area contributed by atoms with Crippen molar-refractivity contribution >= 4 is 17.3 Å². The average molecular weight is 279 g/mol. The molecule has 100 valence electrons. The van der Waals surface area contributed by atoms with E-state index in [2.05, 4.69) is 11.4 Å². The molecule has 0 aromatic heterocycles. The Bertz CT molecular complexity index is 572. The van der Waals surface area contributed by atoms with E-state index in [1.165, 1.54) is 11.6 Å². The molecule has 3 N–H and O–H groups in total.